The predicted octanol–water partition coefficient (Wildman–Crippen LogP) is 2.08. The average molecular weight is 233 g/mol. The number of nitrogen functional groups attached to an aromatic ring is 1. The van der Waals surface area contributed by atoms with Gasteiger partial charge in [-0.1, -0.05) is 0 Å². The van der Waals surface area contributed by atoms with E-state index < -0.39 is 0 Å². The SMILES string of the molecule is Cc1c(C#N)c(N)n(C2(C)CCCOC2)c1C. The van der Waals surface area contributed by atoms with Crippen LogP contribution in [0.15, 0.2) is 0 Å². The number of hydrogen-bond donors (Lipinski definition) is 1. The summed E-state index contributed by atoms with van der Waals surface area (Å²) in [5.74, 6) is 0.579. The zero-order valence-electron chi connectivity index (χ0n) is 10.7. The molecule has 0 bridgehead atoms. The number of anilines is 1. The highest BCUT2D eigenvalue weighted by Crippen LogP contribution is 2.35. The monoisotopic (exact) mass is 233 g/mol. The number of nitrogens with zero attached hydrogens (tertiary/aromatic N) is 2. The fraction of sp³-hybridized carbons (Fsp3) is 0.615. The first-order valence-electron chi connectivity index (χ1n) is 5.97. The molecule has 1 aromatic rings. The number of aromatic nitrogens is 1. The molecule has 0 saturated carbocycles. The van der Waals surface area contributed by atoms with E-state index >= 15 is 0 Å². The van der Waals surface area contributed by atoms with Gasteiger partial charge in [0.25, 0.3) is 0 Å². The van der Waals surface area contributed by atoms with E-state index in [-0.39, 0.29) is 5.54 Å². The van der Waals surface area contributed by atoms with E-state index in [1.54, 1.807) is 0 Å². The Kier molecular flexibility index (Phi) is 2.88. The zero-order valence-corrected chi connectivity index (χ0v) is 10.7. The first-order chi connectivity index (χ1) is 8.01. The van der Waals surface area contributed by atoms with Gasteiger partial charge in [-0.2, -0.15) is 5.26 Å². The number of ether oxygens (including phenoxy) is 1. The Balaban J connectivity index is 2.56. The molecular formula is C13H19N3O. The normalized spacial score (nSPS) is 24.6. The van der Waals surface area contributed by atoms with Crippen molar-refractivity contribution in [1.29, 1.82) is 5.26 Å². The van der Waals surface area contributed by atoms with Gasteiger partial charge in [0, 0.05) is 12.3 Å². The summed E-state index contributed by atoms with van der Waals surface area (Å²) >= 11 is 0. The lowest BCUT2D eigenvalue weighted by Gasteiger charge is -2.37. The number of nitriles is 1. The van der Waals surface area contributed by atoms with Gasteiger partial charge in [-0.05, 0) is 39.2 Å². The van der Waals surface area contributed by atoms with Crippen molar-refractivity contribution in [1.82, 2.24) is 4.57 Å². The van der Waals surface area contributed by atoms with E-state index in [1.165, 1.54) is 0 Å². The quantitative estimate of drug-likeness (QED) is 0.807. The minimum Gasteiger partial charge on any atom is -0.384 e. The van der Waals surface area contributed by atoms with Crippen molar-refractivity contribution >= 4 is 5.82 Å². The molecule has 1 atom stereocenters. The van der Waals surface area contributed by atoms with Crippen LogP contribution >= 0.6 is 0 Å². The Morgan fingerprint density at radius 3 is 2.65 bits per heavy atom. The van der Waals surface area contributed by atoms with Gasteiger partial charge in [0.2, 0.25) is 0 Å². The van der Waals surface area contributed by atoms with Gasteiger partial charge < -0.3 is 15.0 Å². The molecule has 0 aromatic carbocycles. The topological polar surface area (TPSA) is 64.0 Å². The lowest BCUT2D eigenvalue weighted by Crippen LogP contribution is -2.40. The second kappa shape index (κ2) is 4.08. The van der Waals surface area contributed by atoms with Crippen molar-refractivity contribution in [3.63, 3.8) is 0 Å². The summed E-state index contributed by atoms with van der Waals surface area (Å²) in [5, 5.41) is 9.14. The van der Waals surface area contributed by atoms with Gasteiger partial charge in [0.1, 0.15) is 11.9 Å². The summed E-state index contributed by atoms with van der Waals surface area (Å²) < 4.78 is 7.66. The highest BCUT2D eigenvalue weighted by Gasteiger charge is 2.33. The minimum absolute atomic E-state index is 0.119. The molecule has 1 aliphatic rings. The second-order valence-corrected chi connectivity index (χ2v) is 5.07. The molecule has 1 unspecified atom stereocenters. The van der Waals surface area contributed by atoms with Crippen molar-refractivity contribution < 1.29 is 4.74 Å². The van der Waals surface area contributed by atoms with E-state index in [0.717, 1.165) is 30.7 Å². The van der Waals surface area contributed by atoms with E-state index in [2.05, 4.69) is 17.6 Å². The molecule has 1 fully saturated rings. The average Bonchev–Trinajstić information content (AvgIpc) is 2.51. The van der Waals surface area contributed by atoms with Crippen molar-refractivity contribution in [2.45, 2.75) is 39.2 Å². The molecule has 17 heavy (non-hydrogen) atoms. The Labute approximate surface area is 102 Å². The zero-order chi connectivity index (χ0) is 12.6. The van der Waals surface area contributed by atoms with Gasteiger partial charge >= 0.3 is 0 Å². The van der Waals surface area contributed by atoms with Gasteiger partial charge in [-0.25, -0.2) is 0 Å². The van der Waals surface area contributed by atoms with Crippen LogP contribution in [0.1, 0.15) is 36.6 Å². The Bertz CT molecular complexity index is 476. The molecule has 92 valence electrons. The number of rotatable bonds is 1. The van der Waals surface area contributed by atoms with E-state index in [9.17, 15) is 0 Å². The molecule has 4 nitrogen and oxygen atoms in total. The summed E-state index contributed by atoms with van der Waals surface area (Å²) in [6, 6.07) is 2.19. The van der Waals surface area contributed by atoms with E-state index in [4.69, 9.17) is 15.7 Å². The van der Waals surface area contributed by atoms with Gasteiger partial charge in [0.15, 0.2) is 0 Å². The predicted molar refractivity (Wildman–Crippen MR) is 66.7 cm³/mol. The fourth-order valence-corrected chi connectivity index (χ4v) is 2.77. The maximum Gasteiger partial charge on any atom is 0.122 e. The van der Waals surface area contributed by atoms with E-state index in [1.807, 2.05) is 13.8 Å². The van der Waals surface area contributed by atoms with Gasteiger partial charge in [-0.3, -0.25) is 0 Å². The van der Waals surface area contributed by atoms with Crippen molar-refractivity contribution in [3.05, 3.63) is 16.8 Å². The third-order valence-corrected chi connectivity index (χ3v) is 3.82. The summed E-state index contributed by atoms with van der Waals surface area (Å²) in [6.07, 6.45) is 2.07. The van der Waals surface area contributed by atoms with Gasteiger partial charge in [0.05, 0.1) is 17.7 Å². The number of nitrogens with two attached hydrogens (primary N) is 1. The van der Waals surface area contributed by atoms with Crippen molar-refractivity contribution in [2.24, 2.45) is 0 Å². The summed E-state index contributed by atoms with van der Waals surface area (Å²) in [7, 11) is 0. The first kappa shape index (κ1) is 12.0. The van der Waals surface area contributed by atoms with Crippen LogP contribution in [0, 0.1) is 25.2 Å². The largest absolute Gasteiger partial charge is 0.384 e. The Morgan fingerprint density at radius 2 is 2.18 bits per heavy atom. The standard InChI is InChI=1S/C13H19N3O/c1-9-10(2)16(12(15)11(9)7-14)13(3)5-4-6-17-8-13/h4-6,8,15H2,1-3H3. The van der Waals surface area contributed by atoms with Crippen LogP contribution in [0.25, 0.3) is 0 Å². The Morgan fingerprint density at radius 1 is 1.47 bits per heavy atom. The summed E-state index contributed by atoms with van der Waals surface area (Å²) in [5.41, 5.74) is 8.66. The molecule has 1 aromatic heterocycles. The molecule has 2 rings (SSSR count). The van der Waals surface area contributed by atoms with Gasteiger partial charge in [-0.15, -0.1) is 0 Å². The smallest absolute Gasteiger partial charge is 0.122 e. The lowest BCUT2D eigenvalue weighted by atomic mass is 9.94. The summed E-state index contributed by atoms with van der Waals surface area (Å²) in [4.78, 5) is 0. The minimum atomic E-state index is -0.119. The molecule has 0 radical (unpaired) electrons. The highest BCUT2D eigenvalue weighted by molar-refractivity contribution is 5.58. The third-order valence-electron chi connectivity index (χ3n) is 3.82. The van der Waals surface area contributed by atoms with Crippen LogP contribution in [0.3, 0.4) is 0 Å². The molecule has 2 N–H and O–H groups in total. The van der Waals surface area contributed by atoms with Crippen LogP contribution in [-0.2, 0) is 10.3 Å². The van der Waals surface area contributed by atoms with Crippen molar-refractivity contribution in [3.8, 4) is 6.07 Å². The van der Waals surface area contributed by atoms with Crippen LogP contribution in [0.2, 0.25) is 0 Å². The fourth-order valence-electron chi connectivity index (χ4n) is 2.77. The molecule has 0 aliphatic carbocycles. The molecule has 0 spiro atoms. The Hall–Kier alpha value is -1.47. The van der Waals surface area contributed by atoms with E-state index in [0.29, 0.717) is 18.0 Å². The maximum absolute atomic E-state index is 9.14. The van der Waals surface area contributed by atoms with Crippen LogP contribution in [0.5, 0.6) is 0 Å². The van der Waals surface area contributed by atoms with Crippen LogP contribution in [0.4, 0.5) is 5.82 Å². The molecule has 4 heteroatoms. The molecule has 0 amide bonds. The third kappa shape index (κ3) is 1.71. The molecule has 1 saturated heterocycles. The molecular weight excluding hydrogens is 214 g/mol. The summed E-state index contributed by atoms with van der Waals surface area (Å²) in [6.45, 7) is 7.60. The second-order valence-electron chi connectivity index (χ2n) is 5.07. The first-order valence-corrected chi connectivity index (χ1v) is 5.97. The van der Waals surface area contributed by atoms with Crippen molar-refractivity contribution in [2.75, 3.05) is 18.9 Å². The van der Waals surface area contributed by atoms with Crippen LogP contribution < -0.4 is 5.73 Å². The highest BCUT2D eigenvalue weighted by atomic mass is 16.5. The molecule has 1 aliphatic heterocycles. The van der Waals surface area contributed by atoms with Crippen LogP contribution in [-0.4, -0.2) is 17.8 Å². The number of hydrogen-bond acceptors (Lipinski definition) is 3. The maximum atomic E-state index is 9.14. The lowest BCUT2D eigenvalue weighted by molar-refractivity contribution is 0.00982. The molecule has 2 heterocycles.